The highest BCUT2D eigenvalue weighted by molar-refractivity contribution is 6.04. The Bertz CT molecular complexity index is 1610. The number of anilines is 3. The van der Waals surface area contributed by atoms with Crippen LogP contribution in [0.2, 0.25) is 0 Å². The number of pyridine rings is 1. The van der Waals surface area contributed by atoms with Gasteiger partial charge in [-0.2, -0.15) is 13.2 Å². The van der Waals surface area contributed by atoms with Gasteiger partial charge in [-0.25, -0.2) is 15.0 Å². The minimum absolute atomic E-state index is 0.198. The van der Waals surface area contributed by atoms with Crippen molar-refractivity contribution < 1.29 is 22.8 Å². The van der Waals surface area contributed by atoms with Crippen molar-refractivity contribution in [2.24, 2.45) is 11.8 Å². The van der Waals surface area contributed by atoms with Crippen LogP contribution < -0.4 is 16.0 Å². The summed E-state index contributed by atoms with van der Waals surface area (Å²) in [5.41, 5.74) is 7.54. The molecule has 1 saturated carbocycles. The molecular formula is C29H28F3N7O2. The number of nitrogens with zero attached hydrogens (tertiary/aromatic N) is 5. The average molecular weight is 564 g/mol. The largest absolute Gasteiger partial charge is 0.416 e. The Labute approximate surface area is 233 Å². The molecule has 212 valence electrons. The monoisotopic (exact) mass is 563 g/mol. The summed E-state index contributed by atoms with van der Waals surface area (Å²) in [6.07, 6.45) is 4.46. The van der Waals surface area contributed by atoms with Crippen LogP contribution in [0.25, 0.3) is 16.8 Å². The van der Waals surface area contributed by atoms with Gasteiger partial charge >= 0.3 is 6.18 Å². The number of carbonyl (C=O) groups excluding carboxylic acids is 2. The van der Waals surface area contributed by atoms with Crippen molar-refractivity contribution in [3.63, 3.8) is 0 Å². The van der Waals surface area contributed by atoms with Crippen LogP contribution in [0.3, 0.4) is 0 Å². The molecule has 4 heterocycles. The van der Waals surface area contributed by atoms with E-state index in [0.717, 1.165) is 57.1 Å². The van der Waals surface area contributed by atoms with Gasteiger partial charge < -0.3 is 16.0 Å². The van der Waals surface area contributed by atoms with Crippen molar-refractivity contribution >= 4 is 34.8 Å². The molecule has 0 bridgehead atoms. The van der Waals surface area contributed by atoms with Crippen LogP contribution in [0.1, 0.15) is 48.0 Å². The number of piperidine rings is 1. The molecule has 0 unspecified atom stereocenters. The van der Waals surface area contributed by atoms with Crippen molar-refractivity contribution in [3.05, 3.63) is 66.1 Å². The first-order valence-electron chi connectivity index (χ1n) is 13.5. The molecule has 1 aliphatic carbocycles. The van der Waals surface area contributed by atoms with Crippen LogP contribution in [-0.4, -0.2) is 44.1 Å². The number of fused-ring (bicyclic) bond motifs is 1. The maximum Gasteiger partial charge on any atom is 0.416 e. The Kier molecular flexibility index (Phi) is 6.84. The molecule has 3 aromatic heterocycles. The fraction of sp³-hybridized carbons (Fsp3) is 0.345. The Morgan fingerprint density at radius 1 is 1.05 bits per heavy atom. The van der Waals surface area contributed by atoms with E-state index in [1.54, 1.807) is 36.7 Å². The number of hydrogen-bond acceptors (Lipinski definition) is 7. The van der Waals surface area contributed by atoms with E-state index in [0.29, 0.717) is 40.7 Å². The van der Waals surface area contributed by atoms with Crippen LogP contribution in [-0.2, 0) is 11.0 Å². The van der Waals surface area contributed by atoms with E-state index in [-0.39, 0.29) is 23.2 Å². The molecule has 0 radical (unpaired) electrons. The van der Waals surface area contributed by atoms with E-state index in [1.807, 2.05) is 4.40 Å². The van der Waals surface area contributed by atoms with Gasteiger partial charge in [0.1, 0.15) is 28.6 Å². The van der Waals surface area contributed by atoms with Crippen LogP contribution >= 0.6 is 0 Å². The molecule has 6 rings (SSSR count). The van der Waals surface area contributed by atoms with Crippen LogP contribution in [0.5, 0.6) is 0 Å². The summed E-state index contributed by atoms with van der Waals surface area (Å²) in [5.74, 6) is 1.11. The number of nitrogen functional groups attached to an aromatic ring is 1. The molecule has 9 nitrogen and oxygen atoms in total. The van der Waals surface area contributed by atoms with E-state index in [1.165, 1.54) is 0 Å². The summed E-state index contributed by atoms with van der Waals surface area (Å²) in [4.78, 5) is 40.4. The number of rotatable bonds is 7. The number of aromatic nitrogens is 4. The van der Waals surface area contributed by atoms with Crippen molar-refractivity contribution in [2.45, 2.75) is 38.3 Å². The molecule has 2 fully saturated rings. The molecule has 1 aliphatic heterocycles. The van der Waals surface area contributed by atoms with Gasteiger partial charge in [-0.15, -0.1) is 0 Å². The molecule has 4 aromatic rings. The van der Waals surface area contributed by atoms with Gasteiger partial charge in [-0.3, -0.25) is 14.0 Å². The van der Waals surface area contributed by atoms with Gasteiger partial charge in [0.25, 0.3) is 5.91 Å². The van der Waals surface area contributed by atoms with Gasteiger partial charge in [0.2, 0.25) is 5.95 Å². The number of Topliss-reactive ketones (excluding diaryl/α,β-unsaturated/α-hetero) is 1. The standard InChI is InChI=1S/C29H28F3N7O2/c30-29(31,32)21-9-10-34-23(15-21)36-27(41)20-7-5-19(6-8-20)24-25-26(33)35-11-13-39(25)28(37-24)38-12-1-2-17(16-38)14-22(40)18-3-4-18/h5-11,13,15,17-18H,1-4,12,14,16H2,(H2,33,35)(H,34,36,41)/t17-/m1/s1. The highest BCUT2D eigenvalue weighted by Crippen LogP contribution is 2.36. The van der Waals surface area contributed by atoms with Crippen molar-refractivity contribution in [3.8, 4) is 11.3 Å². The van der Waals surface area contributed by atoms with Crippen LogP contribution in [0.15, 0.2) is 55.0 Å². The summed E-state index contributed by atoms with van der Waals surface area (Å²) < 4.78 is 41.0. The number of nitrogens with two attached hydrogens (primary N) is 1. The fourth-order valence-electron chi connectivity index (χ4n) is 5.39. The second-order valence-electron chi connectivity index (χ2n) is 10.6. The zero-order valence-corrected chi connectivity index (χ0v) is 22.1. The van der Waals surface area contributed by atoms with Gasteiger partial charge in [0, 0.05) is 55.1 Å². The number of hydrogen-bond donors (Lipinski definition) is 2. The van der Waals surface area contributed by atoms with Gasteiger partial charge in [0.05, 0.1) is 5.56 Å². The quantitative estimate of drug-likeness (QED) is 0.316. The lowest BCUT2D eigenvalue weighted by Crippen LogP contribution is -2.37. The smallest absolute Gasteiger partial charge is 0.382 e. The third-order valence-corrected chi connectivity index (χ3v) is 7.64. The predicted molar refractivity (Wildman–Crippen MR) is 147 cm³/mol. The minimum Gasteiger partial charge on any atom is -0.382 e. The molecule has 1 aromatic carbocycles. The third kappa shape index (κ3) is 5.59. The molecule has 0 spiro atoms. The summed E-state index contributed by atoms with van der Waals surface area (Å²) >= 11 is 0. The van der Waals surface area contributed by atoms with E-state index in [2.05, 4.69) is 20.2 Å². The SMILES string of the molecule is Nc1nccn2c(N3CCC[C@H](CC(=O)C4CC4)C3)nc(-c3ccc(C(=O)Nc4cc(C(F)(F)F)ccn4)cc3)c12. The van der Waals surface area contributed by atoms with Crippen LogP contribution in [0, 0.1) is 11.8 Å². The number of ketones is 1. The lowest BCUT2D eigenvalue weighted by atomic mass is 9.92. The van der Waals surface area contributed by atoms with Gasteiger partial charge in [-0.05, 0) is 55.9 Å². The number of carbonyl (C=O) groups is 2. The fourth-order valence-corrected chi connectivity index (χ4v) is 5.39. The van der Waals surface area contributed by atoms with Gasteiger partial charge in [0.15, 0.2) is 0 Å². The maximum atomic E-state index is 13.0. The first-order valence-corrected chi connectivity index (χ1v) is 13.5. The molecular weight excluding hydrogens is 535 g/mol. The molecule has 3 N–H and O–H groups in total. The summed E-state index contributed by atoms with van der Waals surface area (Å²) in [5, 5.41) is 2.41. The Balaban J connectivity index is 1.24. The third-order valence-electron chi connectivity index (χ3n) is 7.64. The first-order chi connectivity index (χ1) is 19.7. The summed E-state index contributed by atoms with van der Waals surface area (Å²) in [6.45, 7) is 1.53. The lowest BCUT2D eigenvalue weighted by molar-refractivity contribution is -0.137. The Morgan fingerprint density at radius 3 is 2.56 bits per heavy atom. The molecule has 1 saturated heterocycles. The number of alkyl halides is 3. The molecule has 41 heavy (non-hydrogen) atoms. The number of imidazole rings is 1. The zero-order valence-electron chi connectivity index (χ0n) is 22.1. The minimum atomic E-state index is -4.55. The second kappa shape index (κ2) is 10.5. The van der Waals surface area contributed by atoms with Gasteiger partial charge in [-0.1, -0.05) is 12.1 Å². The van der Waals surface area contributed by atoms with Crippen LogP contribution in [0.4, 0.5) is 30.8 Å². The first kappa shape index (κ1) is 26.7. The average Bonchev–Trinajstić information content (AvgIpc) is 3.74. The Morgan fingerprint density at radius 2 is 1.83 bits per heavy atom. The molecule has 1 amide bonds. The summed E-state index contributed by atoms with van der Waals surface area (Å²) in [7, 11) is 0. The number of amides is 1. The zero-order chi connectivity index (χ0) is 28.7. The second-order valence-corrected chi connectivity index (χ2v) is 10.6. The van der Waals surface area contributed by atoms with E-state index < -0.39 is 17.6 Å². The number of nitrogens with one attached hydrogen (secondary N) is 1. The highest BCUT2D eigenvalue weighted by Gasteiger charge is 2.33. The molecule has 1 atom stereocenters. The molecule has 2 aliphatic rings. The lowest BCUT2D eigenvalue weighted by Gasteiger charge is -2.32. The normalized spacial score (nSPS) is 17.5. The number of benzene rings is 1. The maximum absolute atomic E-state index is 13.0. The van der Waals surface area contributed by atoms with E-state index in [9.17, 15) is 22.8 Å². The van der Waals surface area contributed by atoms with Crippen molar-refractivity contribution in [2.75, 3.05) is 29.0 Å². The van der Waals surface area contributed by atoms with Crippen molar-refractivity contribution in [1.29, 1.82) is 0 Å². The summed E-state index contributed by atoms with van der Waals surface area (Å²) in [6, 6.07) is 8.17. The highest BCUT2D eigenvalue weighted by atomic mass is 19.4. The number of halogens is 3. The predicted octanol–water partition coefficient (Wildman–Crippen LogP) is 5.23. The topological polar surface area (TPSA) is 119 Å². The van der Waals surface area contributed by atoms with E-state index >= 15 is 0 Å². The molecule has 12 heteroatoms. The Hall–Kier alpha value is -4.48. The van der Waals surface area contributed by atoms with Crippen molar-refractivity contribution in [1.82, 2.24) is 19.4 Å². The van der Waals surface area contributed by atoms with E-state index in [4.69, 9.17) is 10.7 Å².